The Hall–Kier alpha value is -1.51. The fraction of sp³-hybridized carbons (Fsp3) is 0.556. The molecule has 0 saturated carbocycles. The molecule has 138 valence electrons. The monoisotopic (exact) mass is 459 g/mol. The second-order valence-electron chi connectivity index (χ2n) is 7.27. The zero-order valence-electron chi connectivity index (χ0n) is 15.0. The molecule has 7 heteroatoms. The zero-order chi connectivity index (χ0) is 18.4. The highest BCUT2D eigenvalue weighted by Gasteiger charge is 2.25. The minimum Gasteiger partial charge on any atom is -0.444 e. The van der Waals surface area contributed by atoms with E-state index in [0.717, 1.165) is 28.6 Å². The Morgan fingerprint density at radius 2 is 1.96 bits per heavy atom. The van der Waals surface area contributed by atoms with Crippen molar-refractivity contribution in [2.24, 2.45) is 5.92 Å². The molecule has 3 amide bonds. The Balaban J connectivity index is 1.80. The van der Waals surface area contributed by atoms with Crippen molar-refractivity contribution in [1.29, 1.82) is 0 Å². The van der Waals surface area contributed by atoms with Crippen molar-refractivity contribution >= 4 is 40.4 Å². The maximum atomic E-state index is 12.4. The van der Waals surface area contributed by atoms with Crippen LogP contribution in [0.15, 0.2) is 24.3 Å². The largest absolute Gasteiger partial charge is 0.444 e. The van der Waals surface area contributed by atoms with Crippen LogP contribution in [0.1, 0.15) is 33.6 Å². The third-order valence-electron chi connectivity index (χ3n) is 3.84. The van der Waals surface area contributed by atoms with E-state index >= 15 is 0 Å². The number of benzene rings is 1. The van der Waals surface area contributed by atoms with Crippen LogP contribution in [-0.2, 0) is 4.74 Å². The van der Waals surface area contributed by atoms with E-state index in [9.17, 15) is 9.59 Å². The number of hydrogen-bond acceptors (Lipinski definition) is 3. The van der Waals surface area contributed by atoms with E-state index in [4.69, 9.17) is 4.74 Å². The second kappa shape index (κ2) is 8.73. The molecule has 1 heterocycles. The van der Waals surface area contributed by atoms with Gasteiger partial charge in [-0.05, 0) is 86.4 Å². The average molecular weight is 459 g/mol. The number of anilines is 1. The van der Waals surface area contributed by atoms with E-state index in [2.05, 4.69) is 33.2 Å². The third-order valence-corrected chi connectivity index (χ3v) is 4.55. The molecule has 1 atom stereocenters. The minimum absolute atomic E-state index is 0.0943. The summed E-state index contributed by atoms with van der Waals surface area (Å²) in [5, 5.41) is 5.73. The van der Waals surface area contributed by atoms with Crippen LogP contribution in [-0.4, -0.2) is 42.3 Å². The number of alkyl carbamates (subject to hydrolysis) is 1. The van der Waals surface area contributed by atoms with Crippen molar-refractivity contribution in [2.75, 3.05) is 25.0 Å². The molecule has 2 rings (SSSR count). The van der Waals surface area contributed by atoms with Crippen molar-refractivity contribution in [1.82, 2.24) is 10.2 Å². The van der Waals surface area contributed by atoms with Crippen LogP contribution in [0.2, 0.25) is 0 Å². The molecule has 1 unspecified atom stereocenters. The van der Waals surface area contributed by atoms with E-state index in [-0.39, 0.29) is 11.9 Å². The number of halogens is 1. The van der Waals surface area contributed by atoms with E-state index < -0.39 is 11.7 Å². The summed E-state index contributed by atoms with van der Waals surface area (Å²) in [6.07, 6.45) is 1.51. The van der Waals surface area contributed by atoms with E-state index in [0.29, 0.717) is 13.1 Å². The van der Waals surface area contributed by atoms with Gasteiger partial charge < -0.3 is 20.3 Å². The summed E-state index contributed by atoms with van der Waals surface area (Å²) in [4.78, 5) is 26.0. The fourth-order valence-electron chi connectivity index (χ4n) is 2.69. The zero-order valence-corrected chi connectivity index (χ0v) is 17.1. The molecule has 1 aromatic rings. The van der Waals surface area contributed by atoms with Gasteiger partial charge in [-0.3, -0.25) is 0 Å². The predicted molar refractivity (Wildman–Crippen MR) is 107 cm³/mol. The summed E-state index contributed by atoms with van der Waals surface area (Å²) in [5.74, 6) is 0.240. The van der Waals surface area contributed by atoms with Crippen LogP contribution in [0.25, 0.3) is 0 Å². The lowest BCUT2D eigenvalue weighted by Gasteiger charge is -2.33. The lowest BCUT2D eigenvalue weighted by atomic mass is 9.98. The second-order valence-corrected chi connectivity index (χ2v) is 8.52. The van der Waals surface area contributed by atoms with E-state index in [1.54, 1.807) is 0 Å². The molecule has 1 aliphatic heterocycles. The van der Waals surface area contributed by atoms with Crippen LogP contribution >= 0.6 is 22.6 Å². The van der Waals surface area contributed by atoms with Gasteiger partial charge in [-0.1, -0.05) is 0 Å². The number of carbonyl (C=O) groups is 2. The Labute approximate surface area is 162 Å². The standard InChI is InChI=1S/C18H26IN3O3/c1-18(2,3)25-17(24)20-11-13-5-4-10-22(12-13)16(23)21-15-8-6-14(19)7-9-15/h6-9,13H,4-5,10-12H2,1-3H3,(H,20,24)(H,21,23). The lowest BCUT2D eigenvalue weighted by Crippen LogP contribution is -2.45. The molecule has 2 N–H and O–H groups in total. The summed E-state index contributed by atoms with van der Waals surface area (Å²) >= 11 is 2.23. The van der Waals surface area contributed by atoms with Crippen LogP contribution < -0.4 is 10.6 Å². The maximum absolute atomic E-state index is 12.4. The van der Waals surface area contributed by atoms with Gasteiger partial charge >= 0.3 is 12.1 Å². The number of nitrogens with one attached hydrogen (secondary N) is 2. The molecule has 0 radical (unpaired) electrons. The van der Waals surface area contributed by atoms with Gasteiger partial charge in [0.05, 0.1) is 0 Å². The van der Waals surface area contributed by atoms with Crippen molar-refractivity contribution < 1.29 is 14.3 Å². The van der Waals surface area contributed by atoms with Crippen molar-refractivity contribution in [3.63, 3.8) is 0 Å². The predicted octanol–water partition coefficient (Wildman–Crippen LogP) is 4.06. The highest BCUT2D eigenvalue weighted by Crippen LogP contribution is 2.18. The summed E-state index contributed by atoms with van der Waals surface area (Å²) in [6.45, 7) is 7.39. The Bertz CT molecular complexity index is 599. The molecule has 1 aliphatic rings. The Morgan fingerprint density at radius 3 is 2.60 bits per heavy atom. The molecule has 1 fully saturated rings. The highest BCUT2D eigenvalue weighted by molar-refractivity contribution is 14.1. The molecule has 1 aromatic carbocycles. The Kier molecular flexibility index (Phi) is 6.92. The molecular formula is C18H26IN3O3. The van der Waals surface area contributed by atoms with Gasteiger partial charge in [0, 0.05) is 28.9 Å². The van der Waals surface area contributed by atoms with Gasteiger partial charge in [-0.2, -0.15) is 0 Å². The topological polar surface area (TPSA) is 70.7 Å². The molecule has 0 aromatic heterocycles. The molecule has 1 saturated heterocycles. The van der Waals surface area contributed by atoms with Gasteiger partial charge in [0.25, 0.3) is 0 Å². The number of piperidine rings is 1. The number of hydrogen-bond donors (Lipinski definition) is 2. The number of carbonyl (C=O) groups excluding carboxylic acids is 2. The smallest absolute Gasteiger partial charge is 0.407 e. The molecule has 0 spiro atoms. The summed E-state index contributed by atoms with van der Waals surface area (Å²) in [7, 11) is 0. The maximum Gasteiger partial charge on any atom is 0.407 e. The normalized spacial score (nSPS) is 17.8. The van der Waals surface area contributed by atoms with Gasteiger partial charge in [0.1, 0.15) is 5.60 Å². The van der Waals surface area contributed by atoms with Gasteiger partial charge in [-0.25, -0.2) is 9.59 Å². The van der Waals surface area contributed by atoms with Crippen LogP contribution in [0.3, 0.4) is 0 Å². The number of amides is 3. The molecule has 6 nitrogen and oxygen atoms in total. The van der Waals surface area contributed by atoms with Crippen molar-refractivity contribution in [2.45, 2.75) is 39.2 Å². The fourth-order valence-corrected chi connectivity index (χ4v) is 3.05. The van der Waals surface area contributed by atoms with E-state index in [1.807, 2.05) is 49.9 Å². The van der Waals surface area contributed by atoms with Gasteiger partial charge in [-0.15, -0.1) is 0 Å². The highest BCUT2D eigenvalue weighted by atomic mass is 127. The molecule has 0 aliphatic carbocycles. The first-order chi connectivity index (χ1) is 11.7. The average Bonchev–Trinajstić information content (AvgIpc) is 2.54. The van der Waals surface area contributed by atoms with Crippen LogP contribution in [0.5, 0.6) is 0 Å². The first-order valence-corrected chi connectivity index (χ1v) is 9.59. The quantitative estimate of drug-likeness (QED) is 0.670. The summed E-state index contributed by atoms with van der Waals surface area (Å²) < 4.78 is 6.37. The first-order valence-electron chi connectivity index (χ1n) is 8.51. The van der Waals surface area contributed by atoms with Crippen LogP contribution in [0.4, 0.5) is 15.3 Å². The molecular weight excluding hydrogens is 433 g/mol. The summed E-state index contributed by atoms with van der Waals surface area (Å²) in [5.41, 5.74) is 0.287. The molecule has 25 heavy (non-hydrogen) atoms. The number of nitrogens with zero attached hydrogens (tertiary/aromatic N) is 1. The number of likely N-dealkylation sites (tertiary alicyclic amines) is 1. The van der Waals surface area contributed by atoms with Crippen molar-refractivity contribution in [3.05, 3.63) is 27.8 Å². The van der Waals surface area contributed by atoms with Crippen molar-refractivity contribution in [3.8, 4) is 0 Å². The van der Waals surface area contributed by atoms with Gasteiger partial charge in [0.2, 0.25) is 0 Å². The van der Waals surface area contributed by atoms with Crippen LogP contribution in [0, 0.1) is 9.49 Å². The van der Waals surface area contributed by atoms with Gasteiger partial charge in [0.15, 0.2) is 0 Å². The SMILES string of the molecule is CC(C)(C)OC(=O)NCC1CCCN(C(=O)Nc2ccc(I)cc2)C1. The third kappa shape index (κ3) is 7.09. The lowest BCUT2D eigenvalue weighted by molar-refractivity contribution is 0.0512. The Morgan fingerprint density at radius 1 is 1.28 bits per heavy atom. The summed E-state index contributed by atoms with van der Waals surface area (Å²) in [6, 6.07) is 7.61. The first kappa shape index (κ1) is 19.8. The number of rotatable bonds is 3. The molecule has 0 bridgehead atoms. The van der Waals surface area contributed by atoms with E-state index in [1.165, 1.54) is 0 Å². The number of urea groups is 1. The number of ether oxygens (including phenoxy) is 1. The minimum atomic E-state index is -0.504.